The third-order valence-corrected chi connectivity index (χ3v) is 5.57. The number of carbonyl (C=O) groups excluding carboxylic acids is 1. The molecule has 5 nitrogen and oxygen atoms in total. The standard InChI is InChI=1S/C17H22N4OS/c22-17-2-1-7-20(17)8-4-16-12-19(10-14-5-9-23-13-14)11-15-3-6-18-21(15)16/h3,5-6,9,13,16H,1-2,4,7-8,10-12H2. The van der Waals surface area contributed by atoms with Crippen LogP contribution in [0.1, 0.15) is 36.6 Å². The van der Waals surface area contributed by atoms with E-state index in [0.29, 0.717) is 11.9 Å². The van der Waals surface area contributed by atoms with Crippen LogP contribution in [-0.4, -0.2) is 45.1 Å². The van der Waals surface area contributed by atoms with Crippen LogP contribution in [-0.2, 0) is 17.9 Å². The van der Waals surface area contributed by atoms with E-state index >= 15 is 0 Å². The molecule has 4 rings (SSSR count). The van der Waals surface area contributed by atoms with Crippen molar-refractivity contribution in [2.75, 3.05) is 19.6 Å². The molecule has 0 spiro atoms. The van der Waals surface area contributed by atoms with Crippen LogP contribution in [0, 0.1) is 0 Å². The summed E-state index contributed by atoms with van der Waals surface area (Å²) in [6.07, 6.45) is 4.63. The summed E-state index contributed by atoms with van der Waals surface area (Å²) < 4.78 is 2.17. The first-order valence-corrected chi connectivity index (χ1v) is 9.27. The van der Waals surface area contributed by atoms with Crippen LogP contribution >= 0.6 is 11.3 Å². The maximum atomic E-state index is 11.8. The third kappa shape index (κ3) is 3.19. The van der Waals surface area contributed by atoms with Gasteiger partial charge in [-0.25, -0.2) is 0 Å². The smallest absolute Gasteiger partial charge is 0.222 e. The molecule has 2 aliphatic rings. The van der Waals surface area contributed by atoms with Gasteiger partial charge in [0.2, 0.25) is 5.91 Å². The largest absolute Gasteiger partial charge is 0.343 e. The minimum absolute atomic E-state index is 0.316. The molecule has 1 fully saturated rings. The van der Waals surface area contributed by atoms with E-state index in [1.807, 2.05) is 11.1 Å². The van der Waals surface area contributed by atoms with E-state index in [0.717, 1.165) is 52.0 Å². The zero-order valence-corrected chi connectivity index (χ0v) is 14.0. The SMILES string of the molecule is O=C1CCCN1CCC1CN(Cc2ccsc2)Cc2ccnn21. The van der Waals surface area contributed by atoms with Gasteiger partial charge in [0.1, 0.15) is 0 Å². The summed E-state index contributed by atoms with van der Waals surface area (Å²) in [5.41, 5.74) is 2.67. The molecule has 0 aliphatic carbocycles. The normalized spacial score (nSPS) is 21.8. The molecule has 1 amide bonds. The number of fused-ring (bicyclic) bond motifs is 1. The first kappa shape index (κ1) is 14.9. The minimum Gasteiger partial charge on any atom is -0.343 e. The lowest BCUT2D eigenvalue weighted by atomic mass is 10.1. The Morgan fingerprint density at radius 2 is 2.30 bits per heavy atom. The molecular formula is C17H22N4OS. The molecule has 2 aromatic rings. The van der Waals surface area contributed by atoms with Crippen LogP contribution in [0.15, 0.2) is 29.1 Å². The highest BCUT2D eigenvalue weighted by molar-refractivity contribution is 7.07. The highest BCUT2D eigenvalue weighted by atomic mass is 32.1. The van der Waals surface area contributed by atoms with Crippen molar-refractivity contribution in [2.24, 2.45) is 0 Å². The molecule has 0 radical (unpaired) electrons. The average molecular weight is 330 g/mol. The molecule has 122 valence electrons. The fraction of sp³-hybridized carbons (Fsp3) is 0.529. The maximum absolute atomic E-state index is 11.8. The van der Waals surface area contributed by atoms with Gasteiger partial charge in [0.05, 0.1) is 11.7 Å². The van der Waals surface area contributed by atoms with E-state index in [-0.39, 0.29) is 0 Å². The van der Waals surface area contributed by atoms with Crippen LogP contribution in [0.5, 0.6) is 0 Å². The van der Waals surface area contributed by atoms with E-state index in [4.69, 9.17) is 0 Å². The monoisotopic (exact) mass is 330 g/mol. The number of nitrogens with zero attached hydrogens (tertiary/aromatic N) is 4. The van der Waals surface area contributed by atoms with Gasteiger partial charge in [0.25, 0.3) is 0 Å². The number of likely N-dealkylation sites (tertiary alicyclic amines) is 1. The van der Waals surface area contributed by atoms with Crippen molar-refractivity contribution in [1.29, 1.82) is 0 Å². The van der Waals surface area contributed by atoms with Gasteiger partial charge in [0, 0.05) is 45.3 Å². The molecular weight excluding hydrogens is 308 g/mol. The second-order valence-corrected chi connectivity index (χ2v) is 7.28. The summed E-state index contributed by atoms with van der Waals surface area (Å²) in [5.74, 6) is 0.316. The zero-order chi connectivity index (χ0) is 15.6. The van der Waals surface area contributed by atoms with Crippen molar-refractivity contribution in [3.8, 4) is 0 Å². The van der Waals surface area contributed by atoms with E-state index in [9.17, 15) is 4.79 Å². The molecule has 2 aliphatic heterocycles. The lowest BCUT2D eigenvalue weighted by Crippen LogP contribution is -2.39. The van der Waals surface area contributed by atoms with Crippen molar-refractivity contribution in [1.82, 2.24) is 19.6 Å². The molecule has 0 bridgehead atoms. The number of carbonyl (C=O) groups is 1. The van der Waals surface area contributed by atoms with Crippen LogP contribution < -0.4 is 0 Å². The van der Waals surface area contributed by atoms with E-state index in [1.165, 1.54) is 11.3 Å². The van der Waals surface area contributed by atoms with Gasteiger partial charge in [-0.1, -0.05) is 0 Å². The maximum Gasteiger partial charge on any atom is 0.222 e. The summed E-state index contributed by atoms with van der Waals surface area (Å²) in [5, 5.41) is 8.89. The second kappa shape index (κ2) is 6.45. The van der Waals surface area contributed by atoms with Gasteiger partial charge in [-0.15, -0.1) is 0 Å². The Hall–Kier alpha value is -1.66. The van der Waals surface area contributed by atoms with Crippen LogP contribution in [0.4, 0.5) is 0 Å². The molecule has 0 aromatic carbocycles. The summed E-state index contributed by atoms with van der Waals surface area (Å²) in [6.45, 7) is 4.74. The quantitative estimate of drug-likeness (QED) is 0.846. The fourth-order valence-electron chi connectivity index (χ4n) is 3.68. The van der Waals surface area contributed by atoms with Crippen LogP contribution in [0.3, 0.4) is 0 Å². The highest BCUT2D eigenvalue weighted by Gasteiger charge is 2.27. The van der Waals surface area contributed by atoms with Crippen molar-refractivity contribution < 1.29 is 4.79 Å². The number of rotatable bonds is 5. The molecule has 4 heterocycles. The third-order valence-electron chi connectivity index (χ3n) is 4.84. The summed E-state index contributed by atoms with van der Waals surface area (Å²) >= 11 is 1.76. The first-order chi connectivity index (χ1) is 11.3. The predicted octanol–water partition coefficient (Wildman–Crippen LogP) is 2.51. The summed E-state index contributed by atoms with van der Waals surface area (Å²) in [4.78, 5) is 16.3. The van der Waals surface area contributed by atoms with Crippen LogP contribution in [0.2, 0.25) is 0 Å². The molecule has 1 unspecified atom stereocenters. The molecule has 0 saturated carbocycles. The van der Waals surface area contributed by atoms with Gasteiger partial charge < -0.3 is 4.90 Å². The molecule has 1 saturated heterocycles. The number of aromatic nitrogens is 2. The Kier molecular flexibility index (Phi) is 4.18. The Bertz CT molecular complexity index is 666. The minimum atomic E-state index is 0.316. The van der Waals surface area contributed by atoms with Crippen LogP contribution in [0.25, 0.3) is 0 Å². The summed E-state index contributed by atoms with van der Waals surface area (Å²) in [6, 6.07) is 4.68. The van der Waals surface area contributed by atoms with Crippen molar-refractivity contribution >= 4 is 17.2 Å². The highest BCUT2D eigenvalue weighted by Crippen LogP contribution is 2.25. The van der Waals surface area contributed by atoms with Gasteiger partial charge in [0.15, 0.2) is 0 Å². The number of hydrogen-bond donors (Lipinski definition) is 0. The molecule has 6 heteroatoms. The Morgan fingerprint density at radius 1 is 1.35 bits per heavy atom. The molecule has 23 heavy (non-hydrogen) atoms. The van der Waals surface area contributed by atoms with Crippen molar-refractivity contribution in [3.05, 3.63) is 40.3 Å². The first-order valence-electron chi connectivity index (χ1n) is 8.33. The molecule has 1 atom stereocenters. The van der Waals surface area contributed by atoms with Crippen molar-refractivity contribution in [3.63, 3.8) is 0 Å². The van der Waals surface area contributed by atoms with Gasteiger partial charge in [-0.05, 0) is 41.3 Å². The lowest BCUT2D eigenvalue weighted by Gasteiger charge is -2.34. The second-order valence-electron chi connectivity index (χ2n) is 6.50. The number of amides is 1. The van der Waals surface area contributed by atoms with Crippen molar-refractivity contribution in [2.45, 2.75) is 38.4 Å². The molecule has 0 N–H and O–H groups in total. The topological polar surface area (TPSA) is 41.4 Å². The van der Waals surface area contributed by atoms with Gasteiger partial charge >= 0.3 is 0 Å². The number of hydrogen-bond acceptors (Lipinski definition) is 4. The summed E-state index contributed by atoms with van der Waals surface area (Å²) in [7, 11) is 0. The fourth-order valence-corrected chi connectivity index (χ4v) is 4.34. The van der Waals surface area contributed by atoms with E-state index < -0.39 is 0 Å². The Labute approximate surface area is 140 Å². The zero-order valence-electron chi connectivity index (χ0n) is 13.2. The van der Waals surface area contributed by atoms with E-state index in [2.05, 4.69) is 37.6 Å². The van der Waals surface area contributed by atoms with Gasteiger partial charge in [-0.3, -0.25) is 14.4 Å². The Balaban J connectivity index is 1.43. The Morgan fingerprint density at radius 3 is 3.09 bits per heavy atom. The van der Waals surface area contributed by atoms with Gasteiger partial charge in [-0.2, -0.15) is 16.4 Å². The predicted molar refractivity (Wildman–Crippen MR) is 90.1 cm³/mol. The lowest BCUT2D eigenvalue weighted by molar-refractivity contribution is -0.127. The molecule has 2 aromatic heterocycles. The van der Waals surface area contributed by atoms with E-state index in [1.54, 1.807) is 11.3 Å². The number of thiophene rings is 1. The average Bonchev–Trinajstić information content (AvgIpc) is 3.27.